The number of nitrogens with one attached hydrogen (secondary N) is 2. The average molecular weight is 381 g/mol. The fourth-order valence-electron chi connectivity index (χ4n) is 2.62. The van der Waals surface area contributed by atoms with Gasteiger partial charge in [-0.25, -0.2) is 0 Å². The summed E-state index contributed by atoms with van der Waals surface area (Å²) in [4.78, 5) is 24.3. The molecule has 148 valence electrons. The van der Waals surface area contributed by atoms with Crippen molar-refractivity contribution in [2.75, 3.05) is 12.4 Å². The van der Waals surface area contributed by atoms with Crippen molar-refractivity contribution in [1.82, 2.24) is 5.32 Å². The zero-order chi connectivity index (χ0) is 20.4. The van der Waals surface area contributed by atoms with Gasteiger partial charge in [-0.2, -0.15) is 0 Å². The van der Waals surface area contributed by atoms with Crippen LogP contribution >= 0.6 is 0 Å². The molecule has 28 heavy (non-hydrogen) atoms. The van der Waals surface area contributed by atoms with E-state index in [2.05, 4.69) is 10.6 Å². The zero-order valence-electron chi connectivity index (χ0n) is 16.2. The molecule has 0 fully saturated rings. The molecule has 2 aromatic rings. The third-order valence-electron chi connectivity index (χ3n) is 4.17. The Balaban J connectivity index is 2.02. The summed E-state index contributed by atoms with van der Waals surface area (Å²) in [5, 5.41) is 5.65. The van der Waals surface area contributed by atoms with Crippen molar-refractivity contribution in [3.8, 4) is 5.75 Å². The highest BCUT2D eigenvalue weighted by Crippen LogP contribution is 2.22. The summed E-state index contributed by atoms with van der Waals surface area (Å²) >= 11 is 0. The number of ether oxygens (including phenoxy) is 1. The Labute approximate surface area is 165 Å². The maximum Gasteiger partial charge on any atom is 0.248 e. The maximum atomic E-state index is 12.3. The van der Waals surface area contributed by atoms with E-state index >= 15 is 0 Å². The number of nitrogens with two attached hydrogens (primary N) is 1. The van der Waals surface area contributed by atoms with E-state index in [-0.39, 0.29) is 17.9 Å². The first kappa shape index (κ1) is 21.2. The average Bonchev–Trinajstić information content (AvgIpc) is 2.71. The summed E-state index contributed by atoms with van der Waals surface area (Å²) in [5.41, 5.74) is 7.40. The Morgan fingerprint density at radius 1 is 1.11 bits per heavy atom. The molecule has 0 spiro atoms. The molecule has 0 bridgehead atoms. The number of aryl methyl sites for hydroxylation is 1. The summed E-state index contributed by atoms with van der Waals surface area (Å²) in [5.74, 6) is 0.0206. The highest BCUT2D eigenvalue weighted by molar-refractivity contribution is 6.00. The molecule has 2 amide bonds. The van der Waals surface area contributed by atoms with Crippen LogP contribution in [0.15, 0.2) is 66.7 Å². The molecule has 6 heteroatoms. The van der Waals surface area contributed by atoms with Gasteiger partial charge in [-0.3, -0.25) is 9.59 Å². The van der Waals surface area contributed by atoms with Crippen molar-refractivity contribution in [3.63, 3.8) is 0 Å². The number of rotatable bonds is 9. The van der Waals surface area contributed by atoms with Gasteiger partial charge in [-0.1, -0.05) is 48.5 Å². The van der Waals surface area contributed by atoms with Crippen molar-refractivity contribution in [2.45, 2.75) is 31.8 Å². The Bertz CT molecular complexity index is 804. The SMILES string of the molecule is COc1ccccc1NC(=O)/C=C/[C@H](CCc1ccccc1)NC(=O)[C@H](C)N. The molecule has 0 aliphatic rings. The van der Waals surface area contributed by atoms with Gasteiger partial charge in [0.05, 0.1) is 18.8 Å². The lowest BCUT2D eigenvalue weighted by Gasteiger charge is -2.17. The second kappa shape index (κ2) is 10.9. The zero-order valence-corrected chi connectivity index (χ0v) is 16.2. The van der Waals surface area contributed by atoms with Crippen LogP contribution in [0.3, 0.4) is 0 Å². The van der Waals surface area contributed by atoms with Crippen LogP contribution in [0.4, 0.5) is 5.69 Å². The third-order valence-corrected chi connectivity index (χ3v) is 4.17. The van der Waals surface area contributed by atoms with Crippen molar-refractivity contribution in [3.05, 3.63) is 72.3 Å². The molecule has 6 nitrogen and oxygen atoms in total. The van der Waals surface area contributed by atoms with Crippen LogP contribution in [0, 0.1) is 0 Å². The fraction of sp³-hybridized carbons (Fsp3) is 0.273. The summed E-state index contributed by atoms with van der Waals surface area (Å²) < 4.78 is 5.23. The normalized spacial score (nSPS) is 13.0. The first-order valence-electron chi connectivity index (χ1n) is 9.21. The molecular weight excluding hydrogens is 354 g/mol. The molecule has 0 saturated heterocycles. The van der Waals surface area contributed by atoms with E-state index in [0.717, 1.165) is 12.0 Å². The second-order valence-corrected chi connectivity index (χ2v) is 6.48. The van der Waals surface area contributed by atoms with Crippen LogP contribution < -0.4 is 21.1 Å². The van der Waals surface area contributed by atoms with Gasteiger partial charge in [0.15, 0.2) is 0 Å². The van der Waals surface area contributed by atoms with E-state index in [4.69, 9.17) is 10.5 Å². The minimum Gasteiger partial charge on any atom is -0.495 e. The van der Waals surface area contributed by atoms with Crippen LogP contribution in [0.2, 0.25) is 0 Å². The summed E-state index contributed by atoms with van der Waals surface area (Å²) in [6.07, 6.45) is 4.53. The first-order valence-corrected chi connectivity index (χ1v) is 9.21. The first-order chi connectivity index (χ1) is 13.5. The molecule has 2 aromatic carbocycles. The van der Waals surface area contributed by atoms with Crippen LogP contribution in [0.1, 0.15) is 18.9 Å². The lowest BCUT2D eigenvalue weighted by Crippen LogP contribution is -2.43. The minimum atomic E-state index is -0.616. The molecule has 0 radical (unpaired) electrons. The van der Waals surface area contributed by atoms with Crippen LogP contribution in [0.5, 0.6) is 5.75 Å². The van der Waals surface area contributed by atoms with Gasteiger partial charge in [0.1, 0.15) is 5.75 Å². The molecule has 0 unspecified atom stereocenters. The number of anilines is 1. The maximum absolute atomic E-state index is 12.3. The molecule has 0 aliphatic heterocycles. The van der Waals surface area contributed by atoms with Crippen LogP contribution in [-0.4, -0.2) is 31.0 Å². The Morgan fingerprint density at radius 3 is 2.46 bits per heavy atom. The topological polar surface area (TPSA) is 93.5 Å². The third kappa shape index (κ3) is 6.89. The summed E-state index contributed by atoms with van der Waals surface area (Å²) in [6, 6.07) is 16.2. The van der Waals surface area contributed by atoms with Gasteiger partial charge < -0.3 is 21.1 Å². The number of carbonyl (C=O) groups is 2. The Kier molecular flexibility index (Phi) is 8.24. The molecule has 2 atom stereocenters. The molecule has 0 aliphatic carbocycles. The number of para-hydroxylation sites is 2. The van der Waals surface area contributed by atoms with Crippen LogP contribution in [0.25, 0.3) is 0 Å². The van der Waals surface area contributed by atoms with Crippen molar-refractivity contribution in [1.29, 1.82) is 0 Å². The number of hydrogen-bond acceptors (Lipinski definition) is 4. The lowest BCUT2D eigenvalue weighted by molar-refractivity contribution is -0.122. The molecule has 4 N–H and O–H groups in total. The quantitative estimate of drug-likeness (QED) is 0.582. The number of hydrogen-bond donors (Lipinski definition) is 3. The van der Waals surface area contributed by atoms with E-state index in [0.29, 0.717) is 17.9 Å². The second-order valence-electron chi connectivity index (χ2n) is 6.48. The number of benzene rings is 2. The summed E-state index contributed by atoms with van der Waals surface area (Å²) in [7, 11) is 1.55. The van der Waals surface area contributed by atoms with E-state index < -0.39 is 6.04 Å². The molecule has 0 aromatic heterocycles. The van der Waals surface area contributed by atoms with E-state index in [1.54, 1.807) is 32.2 Å². The van der Waals surface area contributed by atoms with Gasteiger partial charge in [0.25, 0.3) is 0 Å². The lowest BCUT2D eigenvalue weighted by atomic mass is 10.0. The van der Waals surface area contributed by atoms with Gasteiger partial charge in [0, 0.05) is 12.1 Å². The number of methoxy groups -OCH3 is 1. The van der Waals surface area contributed by atoms with Gasteiger partial charge in [-0.15, -0.1) is 0 Å². The van der Waals surface area contributed by atoms with Gasteiger partial charge >= 0.3 is 0 Å². The van der Waals surface area contributed by atoms with Crippen LogP contribution in [-0.2, 0) is 16.0 Å². The number of amides is 2. The minimum absolute atomic E-state index is 0.257. The predicted molar refractivity (Wildman–Crippen MR) is 111 cm³/mol. The predicted octanol–water partition coefficient (Wildman–Crippen LogP) is 2.65. The van der Waals surface area contributed by atoms with Crippen molar-refractivity contribution < 1.29 is 14.3 Å². The largest absolute Gasteiger partial charge is 0.495 e. The van der Waals surface area contributed by atoms with E-state index in [9.17, 15) is 9.59 Å². The monoisotopic (exact) mass is 381 g/mol. The van der Waals surface area contributed by atoms with E-state index in [1.807, 2.05) is 42.5 Å². The fourth-order valence-corrected chi connectivity index (χ4v) is 2.62. The molecular formula is C22H27N3O3. The number of carbonyl (C=O) groups excluding carboxylic acids is 2. The molecule has 2 rings (SSSR count). The van der Waals surface area contributed by atoms with Crippen molar-refractivity contribution in [2.24, 2.45) is 5.73 Å². The summed E-state index contributed by atoms with van der Waals surface area (Å²) in [6.45, 7) is 1.63. The van der Waals surface area contributed by atoms with Gasteiger partial charge in [-0.05, 0) is 37.5 Å². The highest BCUT2D eigenvalue weighted by atomic mass is 16.5. The Morgan fingerprint density at radius 2 is 1.79 bits per heavy atom. The van der Waals surface area contributed by atoms with Crippen molar-refractivity contribution >= 4 is 17.5 Å². The van der Waals surface area contributed by atoms with Gasteiger partial charge in [0.2, 0.25) is 11.8 Å². The Hall–Kier alpha value is -3.12. The standard InChI is InChI=1S/C22H27N3O3/c1-16(23)22(27)24-18(13-12-17-8-4-3-5-9-17)14-15-21(26)25-19-10-6-7-11-20(19)28-2/h3-11,14-16,18H,12-13,23H2,1-2H3,(H,24,27)(H,25,26)/b15-14+/t16-,18-/m0/s1. The molecule has 0 saturated carbocycles. The highest BCUT2D eigenvalue weighted by Gasteiger charge is 2.13. The molecule has 0 heterocycles. The smallest absolute Gasteiger partial charge is 0.248 e. The van der Waals surface area contributed by atoms with E-state index in [1.165, 1.54) is 6.08 Å².